The van der Waals surface area contributed by atoms with Crippen LogP contribution in [0.3, 0.4) is 0 Å². The first-order chi connectivity index (χ1) is 9.54. The van der Waals surface area contributed by atoms with Crippen molar-refractivity contribution in [2.24, 2.45) is 0 Å². The van der Waals surface area contributed by atoms with Crippen molar-refractivity contribution < 1.29 is 9.84 Å². The molecular formula is C13H19N5O2. The van der Waals surface area contributed by atoms with Crippen LogP contribution in [0.5, 0.6) is 0 Å². The Bertz CT molecular complexity index is 598. The van der Waals surface area contributed by atoms with Gasteiger partial charge in [0.1, 0.15) is 6.33 Å². The molecule has 108 valence electrons. The molecule has 0 amide bonds. The predicted octanol–water partition coefficient (Wildman–Crippen LogP) is 0.434. The van der Waals surface area contributed by atoms with Crippen molar-refractivity contribution in [3.63, 3.8) is 0 Å². The molecule has 0 saturated carbocycles. The highest BCUT2D eigenvalue weighted by Crippen LogP contribution is 2.23. The molecule has 2 aromatic rings. The van der Waals surface area contributed by atoms with E-state index in [1.54, 1.807) is 26.5 Å². The number of morpholine rings is 1. The molecule has 7 nitrogen and oxygen atoms in total. The molecule has 2 aromatic heterocycles. The van der Waals surface area contributed by atoms with Crippen LogP contribution in [0.4, 0.5) is 5.82 Å². The number of hydrogen-bond donors (Lipinski definition) is 1. The summed E-state index contributed by atoms with van der Waals surface area (Å²) in [7, 11) is 0. The van der Waals surface area contributed by atoms with Gasteiger partial charge in [-0.25, -0.2) is 15.0 Å². The van der Waals surface area contributed by atoms with E-state index in [1.165, 1.54) is 0 Å². The summed E-state index contributed by atoms with van der Waals surface area (Å²) < 4.78 is 7.22. The Morgan fingerprint density at radius 1 is 1.25 bits per heavy atom. The van der Waals surface area contributed by atoms with E-state index in [2.05, 4.69) is 19.9 Å². The highest BCUT2D eigenvalue weighted by Gasteiger charge is 2.20. The molecule has 7 heteroatoms. The highest BCUT2D eigenvalue weighted by molar-refractivity contribution is 5.83. The van der Waals surface area contributed by atoms with E-state index in [9.17, 15) is 5.11 Å². The molecule has 3 heterocycles. The second-order valence-corrected chi connectivity index (χ2v) is 5.65. The van der Waals surface area contributed by atoms with Gasteiger partial charge in [-0.2, -0.15) is 0 Å². The second-order valence-electron chi connectivity index (χ2n) is 5.65. The second kappa shape index (κ2) is 4.99. The lowest BCUT2D eigenvalue weighted by atomic mass is 10.1. The van der Waals surface area contributed by atoms with Crippen LogP contribution >= 0.6 is 0 Å². The van der Waals surface area contributed by atoms with Gasteiger partial charge < -0.3 is 19.3 Å². The quantitative estimate of drug-likeness (QED) is 0.877. The fourth-order valence-electron chi connectivity index (χ4n) is 2.41. The molecule has 0 aliphatic carbocycles. The largest absolute Gasteiger partial charge is 0.389 e. The van der Waals surface area contributed by atoms with Crippen molar-refractivity contribution in [3.8, 4) is 0 Å². The van der Waals surface area contributed by atoms with Gasteiger partial charge in [0.2, 0.25) is 0 Å². The summed E-state index contributed by atoms with van der Waals surface area (Å²) in [6.45, 7) is 7.01. The summed E-state index contributed by atoms with van der Waals surface area (Å²) in [6.07, 6.45) is 3.26. The number of hydrogen-bond acceptors (Lipinski definition) is 6. The van der Waals surface area contributed by atoms with Gasteiger partial charge in [-0.1, -0.05) is 0 Å². The lowest BCUT2D eigenvalue weighted by Gasteiger charge is -2.27. The monoisotopic (exact) mass is 277 g/mol. The molecule has 0 spiro atoms. The minimum atomic E-state index is -0.808. The molecule has 0 aromatic carbocycles. The van der Waals surface area contributed by atoms with E-state index in [0.717, 1.165) is 30.1 Å². The number of ether oxygens (including phenoxy) is 1. The molecule has 20 heavy (non-hydrogen) atoms. The van der Waals surface area contributed by atoms with E-state index in [1.807, 2.05) is 4.57 Å². The summed E-state index contributed by atoms with van der Waals surface area (Å²) >= 11 is 0. The number of aromatic nitrogens is 4. The molecule has 0 atom stereocenters. The van der Waals surface area contributed by atoms with Gasteiger partial charge in [0.05, 0.1) is 31.7 Å². The van der Waals surface area contributed by atoms with Crippen LogP contribution < -0.4 is 4.90 Å². The Hall–Kier alpha value is -1.73. The van der Waals surface area contributed by atoms with Gasteiger partial charge in [0.15, 0.2) is 17.0 Å². The Morgan fingerprint density at radius 3 is 2.70 bits per heavy atom. The summed E-state index contributed by atoms with van der Waals surface area (Å²) in [5.41, 5.74) is 0.722. The SMILES string of the molecule is CC(C)(O)Cn1cnc2c(N3CCOCC3)ncnc21. The third-order valence-corrected chi connectivity index (χ3v) is 3.25. The molecule has 0 bridgehead atoms. The Kier molecular flexibility index (Phi) is 3.31. The number of aliphatic hydroxyl groups is 1. The molecular weight excluding hydrogens is 258 g/mol. The third kappa shape index (κ3) is 2.59. The van der Waals surface area contributed by atoms with Crippen LogP contribution in [-0.2, 0) is 11.3 Å². The molecule has 1 N–H and O–H groups in total. The number of anilines is 1. The van der Waals surface area contributed by atoms with Gasteiger partial charge in [-0.05, 0) is 13.8 Å². The Labute approximate surface area is 117 Å². The van der Waals surface area contributed by atoms with Gasteiger partial charge in [0.25, 0.3) is 0 Å². The first kappa shape index (κ1) is 13.3. The van der Waals surface area contributed by atoms with E-state index < -0.39 is 5.60 Å². The van der Waals surface area contributed by atoms with Crippen LogP contribution in [0.1, 0.15) is 13.8 Å². The van der Waals surface area contributed by atoms with Crippen LogP contribution in [-0.4, -0.2) is 56.5 Å². The molecule has 0 unspecified atom stereocenters. The maximum absolute atomic E-state index is 9.95. The van der Waals surface area contributed by atoms with Gasteiger partial charge in [0, 0.05) is 13.1 Å². The average Bonchev–Trinajstić information content (AvgIpc) is 2.81. The minimum Gasteiger partial charge on any atom is -0.389 e. The number of rotatable bonds is 3. The van der Waals surface area contributed by atoms with Crippen molar-refractivity contribution in [1.29, 1.82) is 0 Å². The molecule has 1 aliphatic heterocycles. The number of imidazole rings is 1. The predicted molar refractivity (Wildman–Crippen MR) is 74.7 cm³/mol. The molecule has 1 fully saturated rings. The van der Waals surface area contributed by atoms with E-state index >= 15 is 0 Å². The fraction of sp³-hybridized carbons (Fsp3) is 0.615. The topological polar surface area (TPSA) is 76.3 Å². The van der Waals surface area contributed by atoms with Crippen molar-refractivity contribution in [3.05, 3.63) is 12.7 Å². The normalized spacial score (nSPS) is 16.9. The van der Waals surface area contributed by atoms with E-state index in [4.69, 9.17) is 4.74 Å². The fourth-order valence-corrected chi connectivity index (χ4v) is 2.41. The Balaban J connectivity index is 1.98. The van der Waals surface area contributed by atoms with Crippen LogP contribution in [0.15, 0.2) is 12.7 Å². The van der Waals surface area contributed by atoms with Crippen LogP contribution in [0, 0.1) is 0 Å². The van der Waals surface area contributed by atoms with Crippen LogP contribution in [0.25, 0.3) is 11.2 Å². The summed E-state index contributed by atoms with van der Waals surface area (Å²) in [5, 5.41) is 9.95. The van der Waals surface area contributed by atoms with E-state index in [0.29, 0.717) is 19.8 Å². The maximum Gasteiger partial charge on any atom is 0.165 e. The first-order valence-corrected chi connectivity index (χ1v) is 6.75. The standard InChI is InChI=1S/C13H19N5O2/c1-13(2,19)7-18-9-16-10-11(14-8-15-12(10)18)17-3-5-20-6-4-17/h8-9,19H,3-7H2,1-2H3. The van der Waals surface area contributed by atoms with E-state index in [-0.39, 0.29) is 0 Å². The summed E-state index contributed by atoms with van der Waals surface area (Å²) in [5.74, 6) is 0.841. The van der Waals surface area contributed by atoms with Gasteiger partial charge >= 0.3 is 0 Å². The summed E-state index contributed by atoms with van der Waals surface area (Å²) in [4.78, 5) is 15.2. The zero-order valence-electron chi connectivity index (χ0n) is 11.8. The number of nitrogens with zero attached hydrogens (tertiary/aromatic N) is 5. The average molecular weight is 277 g/mol. The lowest BCUT2D eigenvalue weighted by molar-refractivity contribution is 0.0625. The zero-order valence-corrected chi connectivity index (χ0v) is 11.8. The van der Waals surface area contributed by atoms with Crippen LogP contribution in [0.2, 0.25) is 0 Å². The molecule has 3 rings (SSSR count). The van der Waals surface area contributed by atoms with Crippen molar-refractivity contribution in [1.82, 2.24) is 19.5 Å². The maximum atomic E-state index is 9.95. The van der Waals surface area contributed by atoms with Crippen molar-refractivity contribution >= 4 is 17.0 Å². The molecule has 1 saturated heterocycles. The summed E-state index contributed by atoms with van der Waals surface area (Å²) in [6, 6.07) is 0. The lowest BCUT2D eigenvalue weighted by Crippen LogP contribution is -2.37. The minimum absolute atomic E-state index is 0.447. The first-order valence-electron chi connectivity index (χ1n) is 6.75. The number of fused-ring (bicyclic) bond motifs is 1. The Morgan fingerprint density at radius 2 is 2.00 bits per heavy atom. The zero-order chi connectivity index (χ0) is 14.2. The van der Waals surface area contributed by atoms with Crippen molar-refractivity contribution in [2.45, 2.75) is 26.0 Å². The van der Waals surface area contributed by atoms with Crippen molar-refractivity contribution in [2.75, 3.05) is 31.2 Å². The van der Waals surface area contributed by atoms with Gasteiger partial charge in [-0.15, -0.1) is 0 Å². The molecule has 0 radical (unpaired) electrons. The smallest absolute Gasteiger partial charge is 0.165 e. The molecule has 1 aliphatic rings. The third-order valence-electron chi connectivity index (χ3n) is 3.25. The van der Waals surface area contributed by atoms with Gasteiger partial charge in [-0.3, -0.25) is 0 Å². The highest BCUT2D eigenvalue weighted by atomic mass is 16.5.